The summed E-state index contributed by atoms with van der Waals surface area (Å²) in [6.07, 6.45) is 3.54. The highest BCUT2D eigenvalue weighted by molar-refractivity contribution is 6.24. The average Bonchev–Trinajstić information content (AvgIpc) is 3.00. The van der Waals surface area contributed by atoms with E-state index >= 15 is 0 Å². The zero-order valence-electron chi connectivity index (χ0n) is 25.7. The summed E-state index contributed by atoms with van der Waals surface area (Å²) in [5.74, 6) is -7.01. The topological polar surface area (TPSA) is 194 Å². The Hall–Kier alpha value is -4.52. The number of hydrogen-bond acceptors (Lipinski definition) is 10. The predicted octanol–water partition coefficient (Wildman–Crippen LogP) is 2.06. The number of phenolic OH excluding ortho intramolecular Hbond substituents is 1. The molecule has 1 aliphatic heterocycles. The number of carbonyl (C=O) groups is 4. The summed E-state index contributed by atoms with van der Waals surface area (Å²) in [5, 5.41) is 48.1. The number of nitrogens with one attached hydrogen (secondary N) is 1. The number of anilines is 1. The van der Waals surface area contributed by atoms with E-state index in [4.69, 9.17) is 5.73 Å². The van der Waals surface area contributed by atoms with Crippen molar-refractivity contribution in [3.8, 4) is 16.9 Å². The van der Waals surface area contributed by atoms with Gasteiger partial charge in [-0.1, -0.05) is 24.6 Å². The third kappa shape index (κ3) is 4.97. The van der Waals surface area contributed by atoms with E-state index in [-0.39, 0.29) is 35.6 Å². The first-order valence-corrected chi connectivity index (χ1v) is 15.5. The van der Waals surface area contributed by atoms with Crippen LogP contribution in [0.25, 0.3) is 16.9 Å². The molecule has 2 amide bonds. The third-order valence-electron chi connectivity index (χ3n) is 9.90. The van der Waals surface area contributed by atoms with Crippen LogP contribution in [-0.4, -0.2) is 99.0 Å². The van der Waals surface area contributed by atoms with Gasteiger partial charge >= 0.3 is 0 Å². The number of Topliss-reactive ketones (excluding diaryl/α,β-unsaturated/α-hetero) is 2. The van der Waals surface area contributed by atoms with Gasteiger partial charge in [0.05, 0.1) is 18.2 Å². The van der Waals surface area contributed by atoms with E-state index in [2.05, 4.69) is 10.2 Å². The lowest BCUT2D eigenvalue weighted by molar-refractivity contribution is -0.153. The molecule has 0 spiro atoms. The quantitative estimate of drug-likeness (QED) is 0.257. The monoisotopic (exact) mass is 630 g/mol. The molecule has 3 aliphatic carbocycles. The zero-order valence-corrected chi connectivity index (χ0v) is 25.7. The van der Waals surface area contributed by atoms with Crippen molar-refractivity contribution in [1.82, 2.24) is 9.80 Å². The first-order chi connectivity index (χ1) is 21.8. The van der Waals surface area contributed by atoms with Gasteiger partial charge in [-0.15, -0.1) is 0 Å². The summed E-state index contributed by atoms with van der Waals surface area (Å²) < 4.78 is 0. The lowest BCUT2D eigenvalue weighted by Crippen LogP contribution is -2.65. The molecule has 46 heavy (non-hydrogen) atoms. The Kier molecular flexibility index (Phi) is 7.99. The SMILES string of the molecule is CN(C)C1C(=O)C(C(N)=O)=C(O)C2(O)C(=O)C3=C(O)c4c(O)ccc(-c5ccc(NC(=O)CN6CCCCC6)cc5)c4CC3CC12. The van der Waals surface area contributed by atoms with Crippen molar-refractivity contribution in [2.24, 2.45) is 17.6 Å². The van der Waals surface area contributed by atoms with Crippen LogP contribution in [0.5, 0.6) is 5.75 Å². The Morgan fingerprint density at radius 2 is 1.70 bits per heavy atom. The Labute approximate surface area is 265 Å². The number of carbonyl (C=O) groups excluding carboxylic acids is 4. The molecule has 1 heterocycles. The zero-order chi connectivity index (χ0) is 33.1. The van der Waals surface area contributed by atoms with Crippen LogP contribution in [-0.2, 0) is 25.6 Å². The predicted molar refractivity (Wildman–Crippen MR) is 169 cm³/mol. The van der Waals surface area contributed by atoms with Crippen molar-refractivity contribution in [3.05, 3.63) is 64.4 Å². The van der Waals surface area contributed by atoms with Crippen molar-refractivity contribution in [1.29, 1.82) is 0 Å². The van der Waals surface area contributed by atoms with Crippen LogP contribution in [0.15, 0.2) is 53.3 Å². The number of aliphatic hydroxyl groups excluding tert-OH is 2. The number of aliphatic hydroxyl groups is 3. The van der Waals surface area contributed by atoms with Crippen LogP contribution in [0.1, 0.15) is 36.8 Å². The number of amides is 2. The molecular formula is C34H38N4O8. The number of benzene rings is 2. The Morgan fingerprint density at radius 1 is 1.02 bits per heavy atom. The number of hydrogen-bond donors (Lipinski definition) is 6. The number of likely N-dealkylation sites (N-methyl/N-ethyl adjacent to an activating group) is 1. The number of primary amides is 1. The number of aromatic hydroxyl groups is 1. The number of piperidine rings is 1. The van der Waals surface area contributed by atoms with E-state index in [1.807, 2.05) is 12.1 Å². The fraction of sp³-hybridized carbons (Fsp3) is 0.412. The lowest BCUT2D eigenvalue weighted by Gasteiger charge is -2.50. The molecule has 7 N–H and O–H groups in total. The maximum Gasteiger partial charge on any atom is 0.255 e. The molecule has 4 aliphatic rings. The number of phenols is 1. The van der Waals surface area contributed by atoms with E-state index in [0.29, 0.717) is 23.4 Å². The minimum absolute atomic E-state index is 0.00282. The third-order valence-corrected chi connectivity index (χ3v) is 9.90. The highest BCUT2D eigenvalue weighted by Crippen LogP contribution is 2.53. The van der Waals surface area contributed by atoms with Gasteiger partial charge in [0.1, 0.15) is 22.8 Å². The van der Waals surface area contributed by atoms with Crippen LogP contribution >= 0.6 is 0 Å². The van der Waals surface area contributed by atoms with Gasteiger partial charge in [-0.05, 0) is 93.7 Å². The fourth-order valence-corrected chi connectivity index (χ4v) is 7.77. The second kappa shape index (κ2) is 11.7. The average molecular weight is 631 g/mol. The van der Waals surface area contributed by atoms with Crippen LogP contribution in [0, 0.1) is 11.8 Å². The normalized spacial score (nSPS) is 26.5. The number of ketones is 2. The molecule has 1 saturated carbocycles. The molecule has 4 atom stereocenters. The van der Waals surface area contributed by atoms with Gasteiger partial charge in [-0.25, -0.2) is 0 Å². The van der Waals surface area contributed by atoms with E-state index in [0.717, 1.165) is 31.5 Å². The van der Waals surface area contributed by atoms with Crippen molar-refractivity contribution in [3.63, 3.8) is 0 Å². The minimum Gasteiger partial charge on any atom is -0.508 e. The molecule has 1 saturated heterocycles. The lowest BCUT2D eigenvalue weighted by atomic mass is 9.57. The van der Waals surface area contributed by atoms with Crippen LogP contribution in [0.4, 0.5) is 5.69 Å². The number of fused-ring (bicyclic) bond motifs is 3. The number of nitrogens with two attached hydrogens (primary N) is 1. The highest BCUT2D eigenvalue weighted by Gasteiger charge is 2.64. The van der Waals surface area contributed by atoms with Gasteiger partial charge in [0.2, 0.25) is 11.7 Å². The molecule has 0 aromatic heterocycles. The van der Waals surface area contributed by atoms with E-state index in [9.17, 15) is 39.6 Å². The van der Waals surface area contributed by atoms with Crippen LogP contribution < -0.4 is 11.1 Å². The molecule has 2 aromatic rings. The summed E-state index contributed by atoms with van der Waals surface area (Å²) in [6, 6.07) is 9.14. The number of likely N-dealkylation sites (tertiary alicyclic amines) is 1. The Morgan fingerprint density at radius 3 is 2.33 bits per heavy atom. The van der Waals surface area contributed by atoms with Gasteiger partial charge in [-0.2, -0.15) is 0 Å². The summed E-state index contributed by atoms with van der Waals surface area (Å²) in [5.41, 5.74) is 4.28. The molecule has 242 valence electrons. The molecule has 2 fully saturated rings. The van der Waals surface area contributed by atoms with E-state index < -0.39 is 58.0 Å². The highest BCUT2D eigenvalue weighted by atomic mass is 16.3. The first-order valence-electron chi connectivity index (χ1n) is 15.5. The van der Waals surface area contributed by atoms with Gasteiger partial charge < -0.3 is 31.5 Å². The summed E-state index contributed by atoms with van der Waals surface area (Å²) in [7, 11) is 3.12. The first kappa shape index (κ1) is 31.5. The molecule has 12 heteroatoms. The largest absolute Gasteiger partial charge is 0.508 e. The molecule has 6 rings (SSSR count). The van der Waals surface area contributed by atoms with E-state index in [1.165, 1.54) is 17.4 Å². The van der Waals surface area contributed by atoms with Crippen molar-refractivity contribution >= 4 is 34.8 Å². The van der Waals surface area contributed by atoms with Gasteiger partial charge in [0, 0.05) is 17.2 Å². The second-order valence-corrected chi connectivity index (χ2v) is 12.9. The van der Waals surface area contributed by atoms with Crippen LogP contribution in [0.2, 0.25) is 0 Å². The number of nitrogens with zero attached hydrogens (tertiary/aromatic N) is 2. The molecule has 4 unspecified atom stereocenters. The fourth-order valence-electron chi connectivity index (χ4n) is 7.77. The van der Waals surface area contributed by atoms with Gasteiger partial charge in [-0.3, -0.25) is 29.0 Å². The minimum atomic E-state index is -2.69. The van der Waals surface area contributed by atoms with Crippen molar-refractivity contribution in [2.75, 3.05) is 39.0 Å². The summed E-state index contributed by atoms with van der Waals surface area (Å²) in [6.45, 7) is 2.15. The number of rotatable bonds is 6. The molecular weight excluding hydrogens is 592 g/mol. The van der Waals surface area contributed by atoms with Gasteiger partial charge in [0.15, 0.2) is 11.4 Å². The summed E-state index contributed by atoms with van der Waals surface area (Å²) in [4.78, 5) is 55.8. The Balaban J connectivity index is 1.35. The smallest absolute Gasteiger partial charge is 0.255 e. The maximum atomic E-state index is 14.0. The molecule has 0 radical (unpaired) electrons. The van der Waals surface area contributed by atoms with Crippen molar-refractivity contribution < 1.29 is 39.6 Å². The van der Waals surface area contributed by atoms with E-state index in [1.54, 1.807) is 32.3 Å². The molecule has 0 bridgehead atoms. The molecule has 12 nitrogen and oxygen atoms in total. The van der Waals surface area contributed by atoms with Crippen molar-refractivity contribution in [2.45, 2.75) is 43.7 Å². The summed E-state index contributed by atoms with van der Waals surface area (Å²) >= 11 is 0. The maximum absolute atomic E-state index is 14.0. The standard InChI is InChI=1S/C34H38N4O8/c1-37(2)28-22-15-18-14-21-20(17-6-8-19(9-7-17)36-24(40)16-38-12-4-3-5-13-38)10-11-23(39)26(21)29(41)25(18)31(43)34(22,46)32(44)27(30(28)42)33(35)45/h6-11,18,22,28,39,41,44,46H,3-5,12-16H2,1-2H3,(H2,35,45)(H,36,40). The second-order valence-electron chi connectivity index (χ2n) is 12.9. The van der Waals surface area contributed by atoms with Gasteiger partial charge in [0.25, 0.3) is 5.91 Å². The Bertz CT molecular complexity index is 1710. The molecule has 2 aromatic carbocycles. The van der Waals surface area contributed by atoms with Crippen LogP contribution in [0.3, 0.4) is 0 Å².